The summed E-state index contributed by atoms with van der Waals surface area (Å²) in [4.78, 5) is 15.1. The van der Waals surface area contributed by atoms with E-state index in [1.54, 1.807) is 4.68 Å². The van der Waals surface area contributed by atoms with E-state index in [9.17, 15) is 4.79 Å². The Morgan fingerprint density at radius 2 is 2.53 bits per heavy atom. The van der Waals surface area contributed by atoms with Crippen LogP contribution >= 0.6 is 11.8 Å². The van der Waals surface area contributed by atoms with Gasteiger partial charge in [-0.1, -0.05) is 18.7 Å². The Morgan fingerprint density at radius 1 is 1.80 bits per heavy atom. The lowest BCUT2D eigenvalue weighted by Gasteiger charge is -2.12. The normalized spacial score (nSPS) is 12.7. The summed E-state index contributed by atoms with van der Waals surface area (Å²) < 4.78 is 1.66. The molecule has 3 N–H and O–H groups in total. The van der Waals surface area contributed by atoms with E-state index in [0.29, 0.717) is 12.3 Å². The van der Waals surface area contributed by atoms with Crippen LogP contribution in [0.5, 0.6) is 0 Å². The average molecular weight is 229 g/mol. The number of rotatable bonds is 6. The lowest BCUT2D eigenvalue weighted by molar-refractivity contribution is -0.119. The summed E-state index contributed by atoms with van der Waals surface area (Å²) in [6.45, 7) is 2.65. The number of carbonyl (C=O) groups excluding carboxylic acids is 1. The molecule has 0 radical (unpaired) electrons. The highest BCUT2D eigenvalue weighted by Crippen LogP contribution is 2.13. The monoisotopic (exact) mass is 229 g/mol. The third-order valence-electron chi connectivity index (χ3n) is 1.84. The Labute approximate surface area is 92.6 Å². The van der Waals surface area contributed by atoms with Crippen molar-refractivity contribution in [2.24, 2.45) is 12.8 Å². The van der Waals surface area contributed by atoms with E-state index < -0.39 is 0 Å². The fourth-order valence-corrected chi connectivity index (χ4v) is 2.02. The number of aryl methyl sites for hydroxylation is 1. The summed E-state index contributed by atoms with van der Waals surface area (Å²) in [6, 6.07) is -0.322. The van der Waals surface area contributed by atoms with E-state index in [-0.39, 0.29) is 11.9 Å². The first kappa shape index (κ1) is 12.0. The SMILES string of the molecule is CCNC(CSc1ncnn1C)C(N)=O. The Kier molecular flexibility index (Phi) is 4.57. The highest BCUT2D eigenvalue weighted by molar-refractivity contribution is 7.99. The third kappa shape index (κ3) is 3.52. The summed E-state index contributed by atoms with van der Waals surface area (Å²) in [7, 11) is 1.81. The molecule has 1 rings (SSSR count). The molecule has 0 bridgehead atoms. The molecule has 1 atom stereocenters. The average Bonchev–Trinajstić information content (AvgIpc) is 2.58. The van der Waals surface area contributed by atoms with Gasteiger partial charge in [0.15, 0.2) is 5.16 Å². The molecule has 0 saturated carbocycles. The smallest absolute Gasteiger partial charge is 0.235 e. The van der Waals surface area contributed by atoms with Gasteiger partial charge in [0, 0.05) is 12.8 Å². The first-order valence-corrected chi connectivity index (χ1v) is 5.63. The number of amides is 1. The Morgan fingerprint density at radius 3 is 3.00 bits per heavy atom. The molecule has 0 aliphatic carbocycles. The van der Waals surface area contributed by atoms with Crippen molar-refractivity contribution in [1.29, 1.82) is 0 Å². The van der Waals surface area contributed by atoms with Crippen molar-refractivity contribution in [3.63, 3.8) is 0 Å². The van der Waals surface area contributed by atoms with Crippen LogP contribution in [0.1, 0.15) is 6.92 Å². The Hall–Kier alpha value is -1.08. The fraction of sp³-hybridized carbons (Fsp3) is 0.625. The summed E-state index contributed by atoms with van der Waals surface area (Å²) >= 11 is 1.46. The minimum atomic E-state index is -0.341. The van der Waals surface area contributed by atoms with Crippen molar-refractivity contribution in [2.75, 3.05) is 12.3 Å². The molecule has 6 nitrogen and oxygen atoms in total. The Bertz CT molecular complexity index is 327. The number of nitrogens with one attached hydrogen (secondary N) is 1. The van der Waals surface area contributed by atoms with Crippen molar-refractivity contribution in [3.8, 4) is 0 Å². The number of likely N-dealkylation sites (N-methyl/N-ethyl adjacent to an activating group) is 1. The van der Waals surface area contributed by atoms with Crippen molar-refractivity contribution >= 4 is 17.7 Å². The zero-order valence-corrected chi connectivity index (χ0v) is 9.62. The standard InChI is InChI=1S/C8H15N5OS/c1-3-10-6(7(9)14)4-15-8-11-5-12-13(8)2/h5-6,10H,3-4H2,1-2H3,(H2,9,14). The quantitative estimate of drug-likeness (QED) is 0.634. The number of hydrogen-bond acceptors (Lipinski definition) is 5. The van der Waals surface area contributed by atoms with Crippen molar-refractivity contribution in [2.45, 2.75) is 18.1 Å². The minimum Gasteiger partial charge on any atom is -0.368 e. The number of carbonyl (C=O) groups is 1. The first-order valence-electron chi connectivity index (χ1n) is 4.64. The minimum absolute atomic E-state index is 0.322. The molecule has 1 amide bonds. The molecule has 1 aromatic heterocycles. The van der Waals surface area contributed by atoms with E-state index in [1.165, 1.54) is 18.1 Å². The van der Waals surface area contributed by atoms with Gasteiger partial charge in [-0.05, 0) is 6.54 Å². The topological polar surface area (TPSA) is 85.8 Å². The third-order valence-corrected chi connectivity index (χ3v) is 2.97. The van der Waals surface area contributed by atoms with Crippen molar-refractivity contribution in [1.82, 2.24) is 20.1 Å². The molecular weight excluding hydrogens is 214 g/mol. The number of nitrogens with zero attached hydrogens (tertiary/aromatic N) is 3. The molecular formula is C8H15N5OS. The predicted molar refractivity (Wildman–Crippen MR) is 58.4 cm³/mol. The van der Waals surface area contributed by atoms with Crippen LogP contribution in [0.2, 0.25) is 0 Å². The van der Waals surface area contributed by atoms with Gasteiger partial charge in [-0.15, -0.1) is 0 Å². The number of thioether (sulfide) groups is 1. The van der Waals surface area contributed by atoms with E-state index in [1.807, 2.05) is 14.0 Å². The fourth-order valence-electron chi connectivity index (χ4n) is 1.06. The molecule has 0 aromatic carbocycles. The van der Waals surface area contributed by atoms with Gasteiger partial charge in [0.1, 0.15) is 6.33 Å². The van der Waals surface area contributed by atoms with Crippen LogP contribution in [0, 0.1) is 0 Å². The number of primary amides is 1. The van der Waals surface area contributed by atoms with E-state index >= 15 is 0 Å². The summed E-state index contributed by atoms with van der Waals surface area (Å²) in [5.74, 6) is 0.224. The van der Waals surface area contributed by atoms with E-state index in [0.717, 1.165) is 5.16 Å². The van der Waals surface area contributed by atoms with Crippen LogP contribution in [0.3, 0.4) is 0 Å². The maximum absolute atomic E-state index is 11.0. The van der Waals surface area contributed by atoms with Crippen LogP contribution in [-0.2, 0) is 11.8 Å². The molecule has 1 heterocycles. The molecule has 0 spiro atoms. The second kappa shape index (κ2) is 5.72. The zero-order chi connectivity index (χ0) is 11.3. The molecule has 1 unspecified atom stereocenters. The van der Waals surface area contributed by atoms with Gasteiger partial charge in [-0.2, -0.15) is 5.10 Å². The molecule has 0 aliphatic heterocycles. The molecule has 84 valence electrons. The van der Waals surface area contributed by atoms with E-state index in [4.69, 9.17) is 5.73 Å². The zero-order valence-electron chi connectivity index (χ0n) is 8.80. The van der Waals surface area contributed by atoms with Crippen molar-refractivity contribution < 1.29 is 4.79 Å². The van der Waals surface area contributed by atoms with Gasteiger partial charge < -0.3 is 11.1 Å². The molecule has 7 heteroatoms. The van der Waals surface area contributed by atoms with Crippen LogP contribution < -0.4 is 11.1 Å². The first-order chi connectivity index (χ1) is 7.15. The van der Waals surface area contributed by atoms with Gasteiger partial charge >= 0.3 is 0 Å². The summed E-state index contributed by atoms with van der Waals surface area (Å²) in [5, 5.41) is 7.72. The second-order valence-corrected chi connectivity index (χ2v) is 3.98. The van der Waals surface area contributed by atoms with Crippen LogP contribution in [0.25, 0.3) is 0 Å². The Balaban J connectivity index is 2.47. The molecule has 1 aromatic rings. The number of nitrogens with two attached hydrogens (primary N) is 1. The molecule has 0 saturated heterocycles. The van der Waals surface area contributed by atoms with Gasteiger partial charge in [0.05, 0.1) is 6.04 Å². The maximum atomic E-state index is 11.0. The maximum Gasteiger partial charge on any atom is 0.235 e. The van der Waals surface area contributed by atoms with Crippen LogP contribution in [-0.4, -0.2) is 39.0 Å². The molecule has 0 aliphatic rings. The molecule has 15 heavy (non-hydrogen) atoms. The summed E-state index contributed by atoms with van der Waals surface area (Å²) in [6.07, 6.45) is 1.48. The van der Waals surface area contributed by atoms with Crippen LogP contribution in [0.4, 0.5) is 0 Å². The van der Waals surface area contributed by atoms with Gasteiger partial charge in [0.25, 0.3) is 0 Å². The number of hydrogen-bond donors (Lipinski definition) is 2. The predicted octanol–water partition coefficient (Wildman–Crippen LogP) is -0.629. The summed E-state index contributed by atoms with van der Waals surface area (Å²) in [5.41, 5.74) is 5.24. The highest BCUT2D eigenvalue weighted by atomic mass is 32.2. The largest absolute Gasteiger partial charge is 0.368 e. The second-order valence-electron chi connectivity index (χ2n) is 2.99. The van der Waals surface area contributed by atoms with Gasteiger partial charge in [0.2, 0.25) is 5.91 Å². The highest BCUT2D eigenvalue weighted by Gasteiger charge is 2.15. The van der Waals surface area contributed by atoms with Gasteiger partial charge in [-0.3, -0.25) is 4.79 Å². The molecule has 0 fully saturated rings. The van der Waals surface area contributed by atoms with Crippen LogP contribution in [0.15, 0.2) is 11.5 Å². The van der Waals surface area contributed by atoms with E-state index in [2.05, 4.69) is 15.4 Å². The van der Waals surface area contributed by atoms with Gasteiger partial charge in [-0.25, -0.2) is 9.67 Å². The number of aromatic nitrogens is 3. The lowest BCUT2D eigenvalue weighted by Crippen LogP contribution is -2.43. The lowest BCUT2D eigenvalue weighted by atomic mass is 10.3. The van der Waals surface area contributed by atoms with Crippen molar-refractivity contribution in [3.05, 3.63) is 6.33 Å².